The number of amides is 1. The molecule has 2 aromatic rings. The molecule has 0 aliphatic heterocycles. The van der Waals surface area contributed by atoms with Crippen LogP contribution in [0.4, 0.5) is 0 Å². The summed E-state index contributed by atoms with van der Waals surface area (Å²) in [6.07, 6.45) is 2.63. The minimum absolute atomic E-state index is 0.0379. The van der Waals surface area contributed by atoms with Crippen LogP contribution in [0.2, 0.25) is 0 Å². The summed E-state index contributed by atoms with van der Waals surface area (Å²) in [5, 5.41) is 8.53. The molecular formula is C18H22N4O3S. The van der Waals surface area contributed by atoms with Crippen molar-refractivity contribution < 1.29 is 13.2 Å². The molecule has 0 aliphatic rings. The van der Waals surface area contributed by atoms with Crippen LogP contribution in [-0.2, 0) is 16.3 Å². The maximum Gasteiger partial charge on any atom is 0.275 e. The van der Waals surface area contributed by atoms with Crippen LogP contribution < -0.4 is 11.2 Å². The van der Waals surface area contributed by atoms with Gasteiger partial charge < -0.3 is 5.73 Å². The van der Waals surface area contributed by atoms with Crippen LogP contribution in [0.1, 0.15) is 22.3 Å². The van der Waals surface area contributed by atoms with E-state index in [-0.39, 0.29) is 10.5 Å². The van der Waals surface area contributed by atoms with Crippen molar-refractivity contribution in [1.29, 1.82) is 5.41 Å². The standard InChI is InChI=1S/C18H22N4O3S/c1-26(24,25)16-11-5-10-15(13-16)17(23)22(18(19)20)21-12-6-9-14-7-3-2-4-8-14/h2-5,7-8,10-11,13,21H,6,9,12H2,1H3,(H3,19,20). The number of nitrogens with one attached hydrogen (secondary N) is 2. The van der Waals surface area contributed by atoms with Crippen LogP contribution in [0.15, 0.2) is 59.5 Å². The number of hydrogen-bond acceptors (Lipinski definition) is 5. The minimum atomic E-state index is -3.43. The highest BCUT2D eigenvalue weighted by molar-refractivity contribution is 7.90. The van der Waals surface area contributed by atoms with Crippen molar-refractivity contribution in [3.05, 3.63) is 65.7 Å². The molecule has 0 bridgehead atoms. The topological polar surface area (TPSA) is 116 Å². The van der Waals surface area contributed by atoms with Gasteiger partial charge in [0.15, 0.2) is 9.84 Å². The maximum absolute atomic E-state index is 12.6. The zero-order chi connectivity index (χ0) is 19.2. The van der Waals surface area contributed by atoms with Gasteiger partial charge in [0.2, 0.25) is 5.96 Å². The van der Waals surface area contributed by atoms with Crippen LogP contribution in [0.25, 0.3) is 0 Å². The number of rotatable bonds is 7. The Morgan fingerprint density at radius 1 is 1.15 bits per heavy atom. The van der Waals surface area contributed by atoms with Crippen LogP contribution in [0.5, 0.6) is 0 Å². The highest BCUT2D eigenvalue weighted by atomic mass is 32.2. The fraction of sp³-hybridized carbons (Fsp3) is 0.222. The van der Waals surface area contributed by atoms with Gasteiger partial charge in [0, 0.05) is 18.4 Å². The number of aryl methyl sites for hydroxylation is 1. The van der Waals surface area contributed by atoms with Crippen molar-refractivity contribution in [3.8, 4) is 0 Å². The number of hydrazine groups is 1. The summed E-state index contributed by atoms with van der Waals surface area (Å²) in [7, 11) is -3.43. The smallest absolute Gasteiger partial charge is 0.275 e. The Kier molecular flexibility index (Phi) is 6.48. The van der Waals surface area contributed by atoms with Gasteiger partial charge in [-0.3, -0.25) is 10.2 Å². The Morgan fingerprint density at radius 3 is 2.46 bits per heavy atom. The molecule has 1 amide bonds. The molecule has 8 heteroatoms. The summed E-state index contributed by atoms with van der Waals surface area (Å²) in [6.45, 7) is 0.436. The highest BCUT2D eigenvalue weighted by Crippen LogP contribution is 2.13. The Balaban J connectivity index is 2.02. The van der Waals surface area contributed by atoms with Crippen molar-refractivity contribution in [1.82, 2.24) is 10.4 Å². The first kappa shape index (κ1) is 19.6. The van der Waals surface area contributed by atoms with Gasteiger partial charge in [-0.2, -0.15) is 0 Å². The average Bonchev–Trinajstić information content (AvgIpc) is 2.61. The fourth-order valence-corrected chi connectivity index (χ4v) is 3.05. The molecule has 0 aromatic heterocycles. The van der Waals surface area contributed by atoms with Crippen molar-refractivity contribution in [3.63, 3.8) is 0 Å². The first-order valence-corrected chi connectivity index (χ1v) is 9.94. The van der Waals surface area contributed by atoms with Gasteiger partial charge in [0.25, 0.3) is 5.91 Å². The largest absolute Gasteiger partial charge is 0.369 e. The predicted octanol–water partition coefficient (Wildman–Crippen LogP) is 1.56. The lowest BCUT2D eigenvalue weighted by atomic mass is 10.1. The van der Waals surface area contributed by atoms with Gasteiger partial charge >= 0.3 is 0 Å². The van der Waals surface area contributed by atoms with Crippen LogP contribution in [0.3, 0.4) is 0 Å². The van der Waals surface area contributed by atoms with Crippen LogP contribution >= 0.6 is 0 Å². The van der Waals surface area contributed by atoms with Gasteiger partial charge in [-0.05, 0) is 36.6 Å². The van der Waals surface area contributed by atoms with Crippen molar-refractivity contribution in [2.45, 2.75) is 17.7 Å². The third-order valence-corrected chi connectivity index (χ3v) is 4.82. The van der Waals surface area contributed by atoms with E-state index in [1.54, 1.807) is 0 Å². The lowest BCUT2D eigenvalue weighted by molar-refractivity contribution is 0.0787. The number of carbonyl (C=O) groups excluding carboxylic acids is 1. The number of benzene rings is 2. The van der Waals surface area contributed by atoms with E-state index in [9.17, 15) is 13.2 Å². The van der Waals surface area contributed by atoms with E-state index >= 15 is 0 Å². The van der Waals surface area contributed by atoms with Crippen molar-refractivity contribution in [2.75, 3.05) is 12.8 Å². The first-order valence-electron chi connectivity index (χ1n) is 8.05. The van der Waals surface area contributed by atoms with Gasteiger partial charge in [0.05, 0.1) is 4.90 Å². The number of nitrogens with two attached hydrogens (primary N) is 1. The molecular weight excluding hydrogens is 352 g/mol. The second kappa shape index (κ2) is 8.59. The molecule has 0 spiro atoms. The molecule has 2 rings (SSSR count). The number of nitrogens with zero attached hydrogens (tertiary/aromatic N) is 1. The summed E-state index contributed by atoms with van der Waals surface area (Å²) in [4.78, 5) is 12.6. The van der Waals surface area contributed by atoms with E-state index in [0.29, 0.717) is 6.54 Å². The van der Waals surface area contributed by atoms with Crippen molar-refractivity contribution in [2.24, 2.45) is 5.73 Å². The monoisotopic (exact) mass is 374 g/mol. The molecule has 0 saturated carbocycles. The Hall–Kier alpha value is -2.71. The number of hydrogen-bond donors (Lipinski definition) is 3. The number of sulfone groups is 1. The normalized spacial score (nSPS) is 11.1. The first-order chi connectivity index (χ1) is 12.3. The molecule has 0 atom stereocenters. The molecule has 0 fully saturated rings. The molecule has 138 valence electrons. The summed E-state index contributed by atoms with van der Waals surface area (Å²) in [5.41, 5.74) is 9.64. The predicted molar refractivity (Wildman–Crippen MR) is 100 cm³/mol. The molecule has 0 saturated heterocycles. The van der Waals surface area contributed by atoms with Crippen LogP contribution in [0, 0.1) is 5.41 Å². The van der Waals surface area contributed by atoms with Gasteiger partial charge in [-0.25, -0.2) is 18.9 Å². The summed E-state index contributed by atoms with van der Waals surface area (Å²) < 4.78 is 23.3. The minimum Gasteiger partial charge on any atom is -0.369 e. The van der Waals surface area contributed by atoms with Gasteiger partial charge in [-0.15, -0.1) is 0 Å². The molecule has 7 nitrogen and oxygen atoms in total. The second-order valence-corrected chi connectivity index (χ2v) is 7.84. The summed E-state index contributed by atoms with van der Waals surface area (Å²) in [5.74, 6) is -1.04. The molecule has 2 aromatic carbocycles. The quantitative estimate of drug-likeness (QED) is 0.294. The Bertz CT molecular complexity index is 882. The molecule has 0 aliphatic carbocycles. The van der Waals surface area contributed by atoms with Gasteiger partial charge in [0.1, 0.15) is 0 Å². The van der Waals surface area contributed by atoms with E-state index in [4.69, 9.17) is 11.1 Å². The van der Waals surface area contributed by atoms with Crippen LogP contribution in [-0.4, -0.2) is 38.1 Å². The summed E-state index contributed by atoms with van der Waals surface area (Å²) in [6, 6.07) is 15.6. The van der Waals surface area contributed by atoms with Gasteiger partial charge in [-0.1, -0.05) is 36.4 Å². The second-order valence-electron chi connectivity index (χ2n) is 5.82. The SMILES string of the molecule is CS(=O)(=O)c1cccc(C(=O)N(NCCCc2ccccc2)C(=N)N)c1. The molecule has 0 unspecified atom stereocenters. The summed E-state index contributed by atoms with van der Waals surface area (Å²) >= 11 is 0. The highest BCUT2D eigenvalue weighted by Gasteiger charge is 2.19. The van der Waals surface area contributed by atoms with E-state index in [0.717, 1.165) is 24.1 Å². The van der Waals surface area contributed by atoms with E-state index in [1.807, 2.05) is 30.3 Å². The van der Waals surface area contributed by atoms with E-state index in [2.05, 4.69) is 5.43 Å². The van der Waals surface area contributed by atoms with E-state index in [1.165, 1.54) is 29.8 Å². The lowest BCUT2D eigenvalue weighted by Gasteiger charge is -2.21. The zero-order valence-corrected chi connectivity index (χ0v) is 15.3. The Morgan fingerprint density at radius 2 is 1.85 bits per heavy atom. The Labute approximate surface area is 153 Å². The average molecular weight is 374 g/mol. The molecule has 0 radical (unpaired) electrons. The third-order valence-electron chi connectivity index (χ3n) is 3.71. The fourth-order valence-electron chi connectivity index (χ4n) is 2.38. The van der Waals surface area contributed by atoms with Crippen molar-refractivity contribution >= 4 is 21.7 Å². The van der Waals surface area contributed by atoms with E-state index < -0.39 is 21.7 Å². The number of carbonyl (C=O) groups is 1. The zero-order valence-electron chi connectivity index (χ0n) is 14.5. The maximum atomic E-state index is 12.6. The molecule has 26 heavy (non-hydrogen) atoms. The lowest BCUT2D eigenvalue weighted by Crippen LogP contribution is -2.50. The number of guanidine groups is 1. The molecule has 0 heterocycles. The molecule has 4 N–H and O–H groups in total. The third kappa shape index (κ3) is 5.40.